The summed E-state index contributed by atoms with van der Waals surface area (Å²) in [4.78, 5) is 14.8. The maximum absolute atomic E-state index is 12.5. The minimum Gasteiger partial charge on any atom is -0.497 e. The highest BCUT2D eigenvalue weighted by molar-refractivity contribution is 5.93. The zero-order chi connectivity index (χ0) is 19.3. The van der Waals surface area contributed by atoms with Crippen LogP contribution in [0.25, 0.3) is 0 Å². The molecule has 0 unspecified atom stereocenters. The predicted molar refractivity (Wildman–Crippen MR) is 105 cm³/mol. The molecule has 0 spiro atoms. The summed E-state index contributed by atoms with van der Waals surface area (Å²) in [7, 11) is 1.68. The number of nitrogens with zero attached hydrogens (tertiary/aromatic N) is 1. The predicted octanol–water partition coefficient (Wildman–Crippen LogP) is 2.87. The molecule has 28 heavy (non-hydrogen) atoms. The smallest absolute Gasteiger partial charge is 0.247 e. The first-order chi connectivity index (χ1) is 13.7. The number of methoxy groups -OCH3 is 1. The number of fused-ring (bicyclic) bond motifs is 1. The van der Waals surface area contributed by atoms with E-state index >= 15 is 0 Å². The van der Waals surface area contributed by atoms with Gasteiger partial charge in [-0.05, 0) is 41.8 Å². The molecule has 146 valence electrons. The highest BCUT2D eigenvalue weighted by Gasteiger charge is 2.18. The van der Waals surface area contributed by atoms with Crippen LogP contribution in [-0.2, 0) is 17.9 Å². The van der Waals surface area contributed by atoms with E-state index in [1.54, 1.807) is 7.11 Å². The Morgan fingerprint density at radius 2 is 2.04 bits per heavy atom. The van der Waals surface area contributed by atoms with E-state index < -0.39 is 0 Å². The van der Waals surface area contributed by atoms with E-state index in [9.17, 15) is 4.79 Å². The lowest BCUT2D eigenvalue weighted by Crippen LogP contribution is -2.33. The Hall–Kier alpha value is -2.99. The van der Waals surface area contributed by atoms with E-state index in [0.29, 0.717) is 6.54 Å². The quantitative estimate of drug-likeness (QED) is 0.835. The summed E-state index contributed by atoms with van der Waals surface area (Å²) in [5.74, 6) is 2.35. The SMILES string of the molecule is COc1cccc(CN2CC=C(C(=O)NCc3ccc4c(c3)OCO4)CC2)c1. The molecule has 4 rings (SSSR count). The molecular formula is C22H24N2O4. The topological polar surface area (TPSA) is 60.0 Å². The van der Waals surface area contributed by atoms with Gasteiger partial charge in [0, 0.05) is 31.8 Å². The van der Waals surface area contributed by atoms with E-state index in [0.717, 1.165) is 54.4 Å². The number of rotatable bonds is 6. The molecule has 0 aromatic heterocycles. The molecule has 0 bridgehead atoms. The van der Waals surface area contributed by atoms with Crippen molar-refractivity contribution < 1.29 is 19.0 Å². The Kier molecular flexibility index (Phi) is 5.48. The summed E-state index contributed by atoms with van der Waals surface area (Å²) in [5, 5.41) is 3.00. The maximum Gasteiger partial charge on any atom is 0.247 e. The van der Waals surface area contributed by atoms with Crippen molar-refractivity contribution in [3.63, 3.8) is 0 Å². The molecule has 6 nitrogen and oxygen atoms in total. The van der Waals surface area contributed by atoms with Crippen molar-refractivity contribution in [3.8, 4) is 17.2 Å². The van der Waals surface area contributed by atoms with Crippen LogP contribution in [0, 0.1) is 0 Å². The van der Waals surface area contributed by atoms with Crippen molar-refractivity contribution in [2.75, 3.05) is 27.0 Å². The van der Waals surface area contributed by atoms with Crippen LogP contribution >= 0.6 is 0 Å². The van der Waals surface area contributed by atoms with E-state index in [1.165, 1.54) is 5.56 Å². The van der Waals surface area contributed by atoms with Crippen LogP contribution in [0.4, 0.5) is 0 Å². The van der Waals surface area contributed by atoms with Crippen LogP contribution in [0.5, 0.6) is 17.2 Å². The fourth-order valence-electron chi connectivity index (χ4n) is 3.44. The largest absolute Gasteiger partial charge is 0.497 e. The van der Waals surface area contributed by atoms with Gasteiger partial charge in [0.05, 0.1) is 7.11 Å². The molecule has 0 aliphatic carbocycles. The highest BCUT2D eigenvalue weighted by Crippen LogP contribution is 2.32. The standard InChI is InChI=1S/C22H24N2O4/c1-26-19-4-2-3-17(11-19)14-24-9-7-18(8-10-24)22(25)23-13-16-5-6-20-21(12-16)28-15-27-20/h2-7,11-12H,8-10,13-15H2,1H3,(H,23,25). The number of hydrogen-bond donors (Lipinski definition) is 1. The highest BCUT2D eigenvalue weighted by atomic mass is 16.7. The van der Waals surface area contributed by atoms with Crippen LogP contribution < -0.4 is 19.5 Å². The van der Waals surface area contributed by atoms with Crippen LogP contribution in [0.1, 0.15) is 17.5 Å². The molecule has 1 amide bonds. The summed E-state index contributed by atoms with van der Waals surface area (Å²) in [6, 6.07) is 13.8. The van der Waals surface area contributed by atoms with Gasteiger partial charge in [0.2, 0.25) is 12.7 Å². The number of ether oxygens (including phenoxy) is 3. The van der Waals surface area contributed by atoms with Gasteiger partial charge in [-0.2, -0.15) is 0 Å². The number of amides is 1. The second kappa shape index (κ2) is 8.35. The molecular weight excluding hydrogens is 356 g/mol. The van der Waals surface area contributed by atoms with Crippen molar-refractivity contribution in [3.05, 3.63) is 65.2 Å². The van der Waals surface area contributed by atoms with Crippen LogP contribution in [0.3, 0.4) is 0 Å². The fraction of sp³-hybridized carbons (Fsp3) is 0.318. The van der Waals surface area contributed by atoms with Crippen molar-refractivity contribution in [1.82, 2.24) is 10.2 Å². The molecule has 0 radical (unpaired) electrons. The lowest BCUT2D eigenvalue weighted by Gasteiger charge is -2.26. The summed E-state index contributed by atoms with van der Waals surface area (Å²) in [6.45, 7) is 3.20. The third kappa shape index (κ3) is 4.28. The molecule has 1 N–H and O–H groups in total. The molecule has 2 aliphatic rings. The van der Waals surface area contributed by atoms with E-state index in [1.807, 2.05) is 36.4 Å². The molecule has 0 saturated carbocycles. The number of nitrogens with one attached hydrogen (secondary N) is 1. The van der Waals surface area contributed by atoms with Crippen molar-refractivity contribution in [2.45, 2.75) is 19.5 Å². The second-order valence-corrected chi connectivity index (χ2v) is 6.94. The van der Waals surface area contributed by atoms with E-state index in [2.05, 4.69) is 22.3 Å². The third-order valence-electron chi connectivity index (χ3n) is 5.02. The minimum atomic E-state index is -0.00121. The van der Waals surface area contributed by atoms with Gasteiger partial charge in [-0.25, -0.2) is 0 Å². The molecule has 6 heteroatoms. The lowest BCUT2D eigenvalue weighted by atomic mass is 10.1. The van der Waals surface area contributed by atoms with Gasteiger partial charge in [0.1, 0.15) is 5.75 Å². The summed E-state index contributed by atoms with van der Waals surface area (Å²) >= 11 is 0. The average Bonchev–Trinajstić information content (AvgIpc) is 3.20. The minimum absolute atomic E-state index is 0.00121. The number of carbonyl (C=O) groups excluding carboxylic acids is 1. The van der Waals surface area contributed by atoms with Gasteiger partial charge in [-0.3, -0.25) is 9.69 Å². The molecule has 0 saturated heterocycles. The zero-order valence-corrected chi connectivity index (χ0v) is 15.9. The van der Waals surface area contributed by atoms with Crippen LogP contribution in [0.2, 0.25) is 0 Å². The van der Waals surface area contributed by atoms with Gasteiger partial charge in [0.15, 0.2) is 11.5 Å². The monoisotopic (exact) mass is 380 g/mol. The summed E-state index contributed by atoms with van der Waals surface area (Å²) in [5.41, 5.74) is 3.06. The van der Waals surface area contributed by atoms with E-state index in [-0.39, 0.29) is 12.7 Å². The van der Waals surface area contributed by atoms with Crippen molar-refractivity contribution in [1.29, 1.82) is 0 Å². The number of hydrogen-bond acceptors (Lipinski definition) is 5. The molecule has 0 fully saturated rings. The van der Waals surface area contributed by atoms with Gasteiger partial charge >= 0.3 is 0 Å². The second-order valence-electron chi connectivity index (χ2n) is 6.94. The molecule has 0 atom stereocenters. The Morgan fingerprint density at radius 1 is 1.14 bits per heavy atom. The Morgan fingerprint density at radius 3 is 2.86 bits per heavy atom. The van der Waals surface area contributed by atoms with Crippen molar-refractivity contribution >= 4 is 5.91 Å². The number of carbonyl (C=O) groups is 1. The molecule has 2 aromatic carbocycles. The normalized spacial score (nSPS) is 15.8. The number of benzene rings is 2. The summed E-state index contributed by atoms with van der Waals surface area (Å²) in [6.07, 6.45) is 2.77. The fourth-order valence-corrected chi connectivity index (χ4v) is 3.44. The van der Waals surface area contributed by atoms with Crippen molar-refractivity contribution in [2.24, 2.45) is 0 Å². The first-order valence-electron chi connectivity index (χ1n) is 9.42. The Labute approximate surface area is 164 Å². The lowest BCUT2D eigenvalue weighted by molar-refractivity contribution is -0.117. The zero-order valence-electron chi connectivity index (χ0n) is 15.9. The third-order valence-corrected chi connectivity index (χ3v) is 5.02. The molecule has 2 heterocycles. The molecule has 2 aliphatic heterocycles. The van der Waals surface area contributed by atoms with Gasteiger partial charge in [-0.1, -0.05) is 24.3 Å². The molecule has 2 aromatic rings. The van der Waals surface area contributed by atoms with E-state index in [4.69, 9.17) is 14.2 Å². The van der Waals surface area contributed by atoms with Crippen LogP contribution in [-0.4, -0.2) is 37.8 Å². The van der Waals surface area contributed by atoms with Gasteiger partial charge in [-0.15, -0.1) is 0 Å². The first kappa shape index (κ1) is 18.4. The Balaban J connectivity index is 1.28. The summed E-state index contributed by atoms with van der Waals surface area (Å²) < 4.78 is 16.0. The van der Waals surface area contributed by atoms with Gasteiger partial charge in [0.25, 0.3) is 0 Å². The maximum atomic E-state index is 12.5. The first-order valence-corrected chi connectivity index (χ1v) is 9.42. The Bertz CT molecular complexity index is 894. The van der Waals surface area contributed by atoms with Crippen LogP contribution in [0.15, 0.2) is 54.1 Å². The average molecular weight is 380 g/mol. The van der Waals surface area contributed by atoms with Gasteiger partial charge < -0.3 is 19.5 Å².